The maximum Gasteiger partial charge on any atom is 0.407 e. The Bertz CT molecular complexity index is 1040. The number of methoxy groups -OCH3 is 1. The van der Waals surface area contributed by atoms with Crippen molar-refractivity contribution in [3.8, 4) is 11.1 Å². The largest absolute Gasteiger partial charge is 0.481 e. The van der Waals surface area contributed by atoms with Crippen molar-refractivity contribution in [2.45, 2.75) is 25.0 Å². The van der Waals surface area contributed by atoms with E-state index in [-0.39, 0.29) is 32.3 Å². The van der Waals surface area contributed by atoms with Crippen LogP contribution < -0.4 is 10.6 Å². The summed E-state index contributed by atoms with van der Waals surface area (Å²) in [6.45, 7) is 1.63. The van der Waals surface area contributed by atoms with Crippen LogP contribution in [-0.2, 0) is 23.8 Å². The van der Waals surface area contributed by atoms with Crippen molar-refractivity contribution in [1.82, 2.24) is 10.6 Å². The van der Waals surface area contributed by atoms with Gasteiger partial charge in [0.05, 0.1) is 25.8 Å². The van der Waals surface area contributed by atoms with E-state index in [1.807, 2.05) is 36.4 Å². The smallest absolute Gasteiger partial charge is 0.407 e. The Morgan fingerprint density at radius 3 is 2.32 bits per heavy atom. The van der Waals surface area contributed by atoms with Gasteiger partial charge in [-0.15, -0.1) is 0 Å². The summed E-state index contributed by atoms with van der Waals surface area (Å²) in [4.78, 5) is 36.6. The van der Waals surface area contributed by atoms with Gasteiger partial charge < -0.3 is 30.0 Å². The van der Waals surface area contributed by atoms with Gasteiger partial charge in [-0.25, -0.2) is 4.79 Å². The summed E-state index contributed by atoms with van der Waals surface area (Å²) in [6.07, 6.45) is -1.68. The number of hydrogen-bond donors (Lipinski definition) is 3. The molecule has 2 aromatic carbocycles. The fourth-order valence-corrected chi connectivity index (χ4v) is 4.46. The molecular weight excluding hydrogens is 440 g/mol. The number of amides is 2. The number of carboxylic acid groups (broad SMARTS) is 1. The molecule has 9 heteroatoms. The molecule has 2 aromatic rings. The van der Waals surface area contributed by atoms with Gasteiger partial charge in [0.1, 0.15) is 12.0 Å². The molecule has 3 atom stereocenters. The number of alkyl carbamates (subject to hydrolysis) is 1. The number of fused-ring (bicyclic) bond motifs is 3. The van der Waals surface area contributed by atoms with E-state index in [2.05, 4.69) is 22.8 Å². The van der Waals surface area contributed by atoms with Crippen molar-refractivity contribution in [1.29, 1.82) is 0 Å². The van der Waals surface area contributed by atoms with Crippen LogP contribution in [0.2, 0.25) is 0 Å². The van der Waals surface area contributed by atoms with Crippen molar-refractivity contribution in [3.05, 3.63) is 59.7 Å². The van der Waals surface area contributed by atoms with Crippen molar-refractivity contribution < 1.29 is 33.7 Å². The van der Waals surface area contributed by atoms with E-state index in [1.54, 1.807) is 0 Å². The summed E-state index contributed by atoms with van der Waals surface area (Å²) >= 11 is 0. The fraction of sp³-hybridized carbons (Fsp3) is 0.400. The fourth-order valence-electron chi connectivity index (χ4n) is 4.46. The minimum atomic E-state index is -1.23. The molecule has 0 spiro atoms. The van der Waals surface area contributed by atoms with Gasteiger partial charge in [-0.3, -0.25) is 9.59 Å². The molecule has 1 saturated heterocycles. The lowest BCUT2D eigenvalue weighted by Gasteiger charge is -2.27. The molecule has 1 aliphatic carbocycles. The van der Waals surface area contributed by atoms with Crippen molar-refractivity contribution >= 4 is 18.0 Å². The molecule has 4 rings (SSSR count). The molecule has 1 aliphatic heterocycles. The van der Waals surface area contributed by atoms with E-state index < -0.39 is 35.5 Å². The zero-order chi connectivity index (χ0) is 24.3. The lowest BCUT2D eigenvalue weighted by Crippen LogP contribution is -2.54. The number of carbonyl (C=O) groups excluding carboxylic acids is 2. The van der Waals surface area contributed by atoms with E-state index >= 15 is 0 Å². The third-order valence-corrected chi connectivity index (χ3v) is 6.61. The second kappa shape index (κ2) is 9.82. The quantitative estimate of drug-likeness (QED) is 0.542. The van der Waals surface area contributed by atoms with Gasteiger partial charge in [-0.2, -0.15) is 0 Å². The van der Waals surface area contributed by atoms with E-state index in [0.717, 1.165) is 22.3 Å². The molecule has 0 radical (unpaired) electrons. The summed E-state index contributed by atoms with van der Waals surface area (Å²) in [5.41, 5.74) is 3.24. The van der Waals surface area contributed by atoms with Crippen LogP contribution in [0.1, 0.15) is 24.0 Å². The Kier molecular flexibility index (Phi) is 6.85. The van der Waals surface area contributed by atoms with Gasteiger partial charge >= 0.3 is 12.1 Å². The molecule has 0 bridgehead atoms. The topological polar surface area (TPSA) is 123 Å². The van der Waals surface area contributed by atoms with E-state index in [9.17, 15) is 19.5 Å². The molecular formula is C25H28N2O7. The van der Waals surface area contributed by atoms with Gasteiger partial charge in [0, 0.05) is 13.0 Å². The van der Waals surface area contributed by atoms with E-state index in [0.29, 0.717) is 0 Å². The predicted molar refractivity (Wildman–Crippen MR) is 122 cm³/mol. The first-order valence-corrected chi connectivity index (χ1v) is 11.1. The minimum Gasteiger partial charge on any atom is -0.481 e. The standard InChI is InChI=1S/C25H28N2O7/c1-25(23(29)30)14-33-13-21(25)27-22(28)20(32-2)11-26-24(31)34-12-19-17-9-5-3-7-15(17)16-8-4-6-10-18(16)19/h3-10,19-21H,11-14H2,1-2H3,(H,26,31)(H,27,28)(H,29,30). The highest BCUT2D eigenvalue weighted by Gasteiger charge is 2.47. The highest BCUT2D eigenvalue weighted by Crippen LogP contribution is 2.44. The molecule has 3 N–H and O–H groups in total. The number of aliphatic carboxylic acids is 1. The SMILES string of the molecule is COC(CNC(=O)OCC1c2ccccc2-c2ccccc21)C(=O)NC1COCC1(C)C(=O)O. The Morgan fingerprint density at radius 2 is 1.74 bits per heavy atom. The maximum absolute atomic E-state index is 12.6. The molecule has 0 saturated carbocycles. The Balaban J connectivity index is 1.31. The highest BCUT2D eigenvalue weighted by molar-refractivity contribution is 5.84. The van der Waals surface area contributed by atoms with Gasteiger partial charge in [0.25, 0.3) is 5.91 Å². The molecule has 2 aliphatic rings. The summed E-state index contributed by atoms with van der Waals surface area (Å²) in [5.74, 6) is -1.67. The van der Waals surface area contributed by atoms with Crippen LogP contribution in [0.4, 0.5) is 4.79 Å². The number of benzene rings is 2. The average Bonchev–Trinajstić information content (AvgIpc) is 3.36. The minimum absolute atomic E-state index is 0.00291. The molecule has 9 nitrogen and oxygen atoms in total. The van der Waals surface area contributed by atoms with E-state index in [4.69, 9.17) is 14.2 Å². The first kappa shape index (κ1) is 23.7. The normalized spacial score (nSPS) is 21.9. The average molecular weight is 469 g/mol. The summed E-state index contributed by atoms with van der Waals surface area (Å²) in [7, 11) is 1.34. The third-order valence-electron chi connectivity index (χ3n) is 6.61. The molecule has 1 heterocycles. The zero-order valence-corrected chi connectivity index (χ0v) is 19.1. The molecule has 34 heavy (non-hydrogen) atoms. The lowest BCUT2D eigenvalue weighted by molar-refractivity contribution is -0.149. The van der Waals surface area contributed by atoms with Crippen LogP contribution in [0.3, 0.4) is 0 Å². The third kappa shape index (κ3) is 4.49. The van der Waals surface area contributed by atoms with Crippen molar-refractivity contribution in [2.24, 2.45) is 5.41 Å². The van der Waals surface area contributed by atoms with Crippen LogP contribution in [0.25, 0.3) is 11.1 Å². The first-order chi connectivity index (χ1) is 16.3. The monoisotopic (exact) mass is 468 g/mol. The van der Waals surface area contributed by atoms with Crippen LogP contribution in [0, 0.1) is 5.41 Å². The van der Waals surface area contributed by atoms with Crippen LogP contribution in [-0.4, -0.2) is 68.7 Å². The van der Waals surface area contributed by atoms with Crippen LogP contribution in [0.15, 0.2) is 48.5 Å². The zero-order valence-electron chi connectivity index (χ0n) is 19.1. The lowest BCUT2D eigenvalue weighted by atomic mass is 9.85. The molecule has 2 amide bonds. The number of carboxylic acids is 1. The molecule has 0 aromatic heterocycles. The molecule has 1 fully saturated rings. The van der Waals surface area contributed by atoms with Crippen molar-refractivity contribution in [3.63, 3.8) is 0 Å². The summed E-state index contributed by atoms with van der Waals surface area (Å²) in [6, 6.07) is 15.4. The van der Waals surface area contributed by atoms with E-state index in [1.165, 1.54) is 14.0 Å². The Morgan fingerprint density at radius 1 is 1.12 bits per heavy atom. The van der Waals surface area contributed by atoms with Crippen molar-refractivity contribution in [2.75, 3.05) is 33.5 Å². The number of ether oxygens (including phenoxy) is 3. The molecule has 180 valence electrons. The van der Waals surface area contributed by atoms with Gasteiger partial charge in [-0.05, 0) is 29.2 Å². The number of carbonyl (C=O) groups is 3. The predicted octanol–water partition coefficient (Wildman–Crippen LogP) is 2.15. The second-order valence-electron chi connectivity index (χ2n) is 8.73. The Labute approximate surface area is 197 Å². The number of nitrogens with one attached hydrogen (secondary N) is 2. The number of hydrogen-bond acceptors (Lipinski definition) is 6. The Hall–Kier alpha value is -3.43. The number of rotatable bonds is 8. The van der Waals surface area contributed by atoms with Crippen LogP contribution >= 0.6 is 0 Å². The first-order valence-electron chi connectivity index (χ1n) is 11.1. The van der Waals surface area contributed by atoms with Gasteiger partial charge in [-0.1, -0.05) is 48.5 Å². The summed E-state index contributed by atoms with van der Waals surface area (Å²) in [5, 5.41) is 14.7. The second-order valence-corrected chi connectivity index (χ2v) is 8.73. The van der Waals surface area contributed by atoms with Gasteiger partial charge in [0.2, 0.25) is 0 Å². The van der Waals surface area contributed by atoms with Crippen LogP contribution in [0.5, 0.6) is 0 Å². The molecule has 3 unspecified atom stereocenters. The van der Waals surface area contributed by atoms with Gasteiger partial charge in [0.15, 0.2) is 6.10 Å². The summed E-state index contributed by atoms with van der Waals surface area (Å²) < 4.78 is 15.9. The highest BCUT2D eigenvalue weighted by atomic mass is 16.5. The maximum atomic E-state index is 12.6.